The first kappa shape index (κ1) is 11.2. The quantitative estimate of drug-likeness (QED) is 0.804. The largest absolute Gasteiger partial charge is 0.399 e. The third-order valence-electron chi connectivity index (χ3n) is 2.93. The molecule has 1 unspecified atom stereocenters. The standard InChI is InChI=1S/C15H14N2S/c16-13-8-6-11(7-9-13)14-10-18-15(17-14)12-4-2-1-3-5-12/h1-10,15,17H,16H2. The number of rotatable bonds is 2. The smallest absolute Gasteiger partial charge is 0.102 e. The average molecular weight is 254 g/mol. The van der Waals surface area contributed by atoms with Crippen molar-refractivity contribution in [1.29, 1.82) is 0 Å². The molecule has 3 rings (SSSR count). The third-order valence-corrected chi connectivity index (χ3v) is 3.97. The summed E-state index contributed by atoms with van der Waals surface area (Å²) in [5, 5.41) is 6.00. The molecule has 1 atom stereocenters. The second-order valence-corrected chi connectivity index (χ2v) is 5.20. The summed E-state index contributed by atoms with van der Waals surface area (Å²) in [7, 11) is 0. The van der Waals surface area contributed by atoms with E-state index in [0.29, 0.717) is 5.37 Å². The number of anilines is 1. The lowest BCUT2D eigenvalue weighted by Crippen LogP contribution is -2.11. The van der Waals surface area contributed by atoms with Gasteiger partial charge in [-0.15, -0.1) is 11.8 Å². The van der Waals surface area contributed by atoms with Gasteiger partial charge in [-0.25, -0.2) is 0 Å². The number of hydrogen-bond donors (Lipinski definition) is 2. The van der Waals surface area contributed by atoms with Gasteiger partial charge in [-0.2, -0.15) is 0 Å². The molecule has 3 N–H and O–H groups in total. The maximum atomic E-state index is 5.70. The first-order chi connectivity index (χ1) is 8.83. The molecule has 3 heteroatoms. The molecule has 2 aromatic rings. The molecule has 0 radical (unpaired) electrons. The summed E-state index contributed by atoms with van der Waals surface area (Å²) in [4.78, 5) is 0. The monoisotopic (exact) mass is 254 g/mol. The fraction of sp³-hybridized carbons (Fsp3) is 0.0667. The van der Waals surface area contributed by atoms with Gasteiger partial charge >= 0.3 is 0 Å². The second-order valence-electron chi connectivity index (χ2n) is 4.22. The van der Waals surface area contributed by atoms with Crippen LogP contribution in [0.5, 0.6) is 0 Å². The number of hydrogen-bond acceptors (Lipinski definition) is 3. The van der Waals surface area contributed by atoms with Gasteiger partial charge in [0.25, 0.3) is 0 Å². The Morgan fingerprint density at radius 3 is 2.39 bits per heavy atom. The van der Waals surface area contributed by atoms with Gasteiger partial charge in [-0.3, -0.25) is 0 Å². The average Bonchev–Trinajstić information content (AvgIpc) is 2.90. The van der Waals surface area contributed by atoms with Crippen molar-refractivity contribution in [2.75, 3.05) is 5.73 Å². The lowest BCUT2D eigenvalue weighted by Gasteiger charge is -2.13. The van der Waals surface area contributed by atoms with Gasteiger partial charge in [0.15, 0.2) is 0 Å². The van der Waals surface area contributed by atoms with Crippen molar-refractivity contribution in [3.05, 3.63) is 71.1 Å². The SMILES string of the molecule is Nc1ccc(C2=CSC(c3ccccc3)N2)cc1. The van der Waals surface area contributed by atoms with Crippen molar-refractivity contribution in [1.82, 2.24) is 5.32 Å². The summed E-state index contributed by atoms with van der Waals surface area (Å²) >= 11 is 1.80. The number of nitrogens with two attached hydrogens (primary N) is 1. The first-order valence-electron chi connectivity index (χ1n) is 5.86. The molecule has 1 aliphatic heterocycles. The van der Waals surface area contributed by atoms with E-state index < -0.39 is 0 Å². The summed E-state index contributed by atoms with van der Waals surface area (Å²) in [6.45, 7) is 0. The lowest BCUT2D eigenvalue weighted by molar-refractivity contribution is 0.880. The van der Waals surface area contributed by atoms with E-state index in [9.17, 15) is 0 Å². The predicted octanol–water partition coefficient (Wildman–Crippen LogP) is 3.60. The molecule has 0 bridgehead atoms. The molecule has 2 aromatic carbocycles. The Bertz CT molecular complexity index is 561. The van der Waals surface area contributed by atoms with Gasteiger partial charge in [0.05, 0.1) is 0 Å². The number of thioether (sulfide) groups is 1. The molecule has 1 heterocycles. The molecule has 0 amide bonds. The normalized spacial score (nSPS) is 18.2. The summed E-state index contributed by atoms with van der Waals surface area (Å²) in [5.41, 5.74) is 10.1. The summed E-state index contributed by atoms with van der Waals surface area (Å²) in [5.74, 6) is 0. The van der Waals surface area contributed by atoms with Gasteiger partial charge in [-0.1, -0.05) is 42.5 Å². The van der Waals surface area contributed by atoms with Gasteiger partial charge in [0, 0.05) is 11.4 Å². The second kappa shape index (κ2) is 4.78. The van der Waals surface area contributed by atoms with Crippen LogP contribution in [-0.4, -0.2) is 0 Å². The predicted molar refractivity (Wildman–Crippen MR) is 78.7 cm³/mol. The van der Waals surface area contributed by atoms with Crippen molar-refractivity contribution >= 4 is 23.1 Å². The van der Waals surface area contributed by atoms with Crippen molar-refractivity contribution in [2.24, 2.45) is 0 Å². The highest BCUT2D eigenvalue weighted by atomic mass is 32.2. The number of benzene rings is 2. The van der Waals surface area contributed by atoms with E-state index in [0.717, 1.165) is 11.4 Å². The Kier molecular flexibility index (Phi) is 2.99. The van der Waals surface area contributed by atoms with Crippen LogP contribution in [0.2, 0.25) is 0 Å². The molecule has 1 aliphatic rings. The zero-order valence-corrected chi connectivity index (χ0v) is 10.7. The van der Waals surface area contributed by atoms with E-state index in [1.807, 2.05) is 30.3 Å². The minimum absolute atomic E-state index is 0.304. The molecular formula is C15H14N2S. The molecule has 0 spiro atoms. The number of nitrogen functional groups attached to an aromatic ring is 1. The summed E-state index contributed by atoms with van der Waals surface area (Å²) in [6.07, 6.45) is 0. The van der Waals surface area contributed by atoms with Gasteiger partial charge in [0.1, 0.15) is 5.37 Å². The molecule has 0 aromatic heterocycles. The Balaban J connectivity index is 1.77. The minimum Gasteiger partial charge on any atom is -0.399 e. The maximum absolute atomic E-state index is 5.70. The highest BCUT2D eigenvalue weighted by molar-refractivity contribution is 8.02. The zero-order valence-electron chi connectivity index (χ0n) is 9.84. The topological polar surface area (TPSA) is 38.0 Å². The van der Waals surface area contributed by atoms with Crippen LogP contribution in [0.15, 0.2) is 60.0 Å². The van der Waals surface area contributed by atoms with E-state index in [-0.39, 0.29) is 0 Å². The van der Waals surface area contributed by atoms with E-state index in [2.05, 4.69) is 35.0 Å². The molecule has 18 heavy (non-hydrogen) atoms. The van der Waals surface area contributed by atoms with Crippen LogP contribution in [0.25, 0.3) is 5.70 Å². The van der Waals surface area contributed by atoms with Crippen molar-refractivity contribution < 1.29 is 0 Å². The Hall–Kier alpha value is -1.87. The molecule has 0 aliphatic carbocycles. The van der Waals surface area contributed by atoms with Crippen LogP contribution in [0.3, 0.4) is 0 Å². The van der Waals surface area contributed by atoms with Gasteiger partial charge in [-0.05, 0) is 28.7 Å². The summed E-state index contributed by atoms with van der Waals surface area (Å²) < 4.78 is 0. The lowest BCUT2D eigenvalue weighted by atomic mass is 10.1. The van der Waals surface area contributed by atoms with Crippen LogP contribution in [0.4, 0.5) is 5.69 Å². The Labute approximate surface area is 111 Å². The van der Waals surface area contributed by atoms with E-state index >= 15 is 0 Å². The van der Waals surface area contributed by atoms with Crippen molar-refractivity contribution in [2.45, 2.75) is 5.37 Å². The van der Waals surface area contributed by atoms with Crippen LogP contribution in [0, 0.1) is 0 Å². The molecular weight excluding hydrogens is 240 g/mol. The first-order valence-corrected chi connectivity index (χ1v) is 6.80. The zero-order chi connectivity index (χ0) is 12.4. The maximum Gasteiger partial charge on any atom is 0.102 e. The highest BCUT2D eigenvalue weighted by Crippen LogP contribution is 2.37. The van der Waals surface area contributed by atoms with Crippen LogP contribution in [-0.2, 0) is 0 Å². The van der Waals surface area contributed by atoms with E-state index in [1.54, 1.807) is 11.8 Å². The minimum atomic E-state index is 0.304. The fourth-order valence-electron chi connectivity index (χ4n) is 1.95. The van der Waals surface area contributed by atoms with Gasteiger partial charge in [0.2, 0.25) is 0 Å². The molecule has 0 saturated heterocycles. The van der Waals surface area contributed by atoms with Gasteiger partial charge < -0.3 is 11.1 Å². The molecule has 90 valence electrons. The van der Waals surface area contributed by atoms with Crippen LogP contribution < -0.4 is 11.1 Å². The molecule has 2 nitrogen and oxygen atoms in total. The Morgan fingerprint density at radius 1 is 0.944 bits per heavy atom. The summed E-state index contributed by atoms with van der Waals surface area (Å²) in [6, 6.07) is 18.4. The fourth-order valence-corrected chi connectivity index (χ4v) is 2.93. The molecule has 0 saturated carbocycles. The Morgan fingerprint density at radius 2 is 1.67 bits per heavy atom. The van der Waals surface area contributed by atoms with Crippen molar-refractivity contribution in [3.63, 3.8) is 0 Å². The highest BCUT2D eigenvalue weighted by Gasteiger charge is 2.18. The third kappa shape index (κ3) is 2.22. The van der Waals surface area contributed by atoms with E-state index in [1.165, 1.54) is 11.1 Å². The van der Waals surface area contributed by atoms with Crippen LogP contribution >= 0.6 is 11.8 Å². The van der Waals surface area contributed by atoms with E-state index in [4.69, 9.17) is 5.73 Å². The van der Waals surface area contributed by atoms with Crippen LogP contribution in [0.1, 0.15) is 16.5 Å². The molecule has 0 fully saturated rings. The van der Waals surface area contributed by atoms with Crippen molar-refractivity contribution in [3.8, 4) is 0 Å². The number of nitrogens with one attached hydrogen (secondary N) is 1.